The van der Waals surface area contributed by atoms with E-state index in [1.165, 1.54) is 4.90 Å². The number of anilines is 2. The van der Waals surface area contributed by atoms with Crippen molar-refractivity contribution >= 4 is 72.6 Å². The van der Waals surface area contributed by atoms with Gasteiger partial charge in [0.05, 0.1) is 17.5 Å². The van der Waals surface area contributed by atoms with Gasteiger partial charge in [-0.3, -0.25) is 19.3 Å². The summed E-state index contributed by atoms with van der Waals surface area (Å²) in [6.07, 6.45) is 1.25. The van der Waals surface area contributed by atoms with Crippen LogP contribution in [-0.4, -0.2) is 27.4 Å². The second-order valence-electron chi connectivity index (χ2n) is 7.64. The molecule has 2 aromatic rings. The minimum absolute atomic E-state index is 0.163. The zero-order chi connectivity index (χ0) is 21.6. The molecule has 0 radical (unpaired) electrons. The fourth-order valence-corrected chi connectivity index (χ4v) is 5.46. The highest BCUT2D eigenvalue weighted by Crippen LogP contribution is 2.44. The van der Waals surface area contributed by atoms with E-state index in [1.807, 2.05) is 6.92 Å². The number of hydrogen-bond donors (Lipinski definition) is 1. The summed E-state index contributed by atoms with van der Waals surface area (Å²) in [5.74, 6) is -1.22. The molecule has 4 atom stereocenters. The van der Waals surface area contributed by atoms with Gasteiger partial charge in [0.1, 0.15) is 0 Å². The van der Waals surface area contributed by atoms with Crippen molar-refractivity contribution in [3.8, 4) is 0 Å². The van der Waals surface area contributed by atoms with E-state index < -0.39 is 0 Å². The second kappa shape index (κ2) is 8.44. The Hall–Kier alpha value is -1.70. The topological polar surface area (TPSA) is 66.5 Å². The Balaban J connectivity index is 1.52. The van der Waals surface area contributed by atoms with Crippen LogP contribution in [0.4, 0.5) is 11.4 Å². The lowest BCUT2D eigenvalue weighted by molar-refractivity contribution is -0.122. The molecule has 1 heterocycles. The summed E-state index contributed by atoms with van der Waals surface area (Å²) >= 11 is 13.3. The number of nitrogens with one attached hydrogen (secondary N) is 1. The number of rotatable bonds is 3. The molecule has 1 N–H and O–H groups in total. The van der Waals surface area contributed by atoms with Gasteiger partial charge in [0.2, 0.25) is 11.8 Å². The highest BCUT2D eigenvalue weighted by molar-refractivity contribution is 9.12. The van der Waals surface area contributed by atoms with Crippen LogP contribution in [0.1, 0.15) is 28.8 Å². The van der Waals surface area contributed by atoms with Gasteiger partial charge in [0.15, 0.2) is 0 Å². The number of alkyl halides is 2. The molecule has 0 spiro atoms. The van der Waals surface area contributed by atoms with E-state index in [-0.39, 0.29) is 39.2 Å². The monoisotopic (exact) mass is 552 g/mol. The largest absolute Gasteiger partial charge is 0.322 e. The van der Waals surface area contributed by atoms with Gasteiger partial charge in [-0.25, -0.2) is 0 Å². The number of nitrogens with zero attached hydrogens (tertiary/aromatic N) is 1. The van der Waals surface area contributed by atoms with Crippen LogP contribution in [0.15, 0.2) is 42.5 Å². The van der Waals surface area contributed by atoms with Gasteiger partial charge in [0, 0.05) is 25.9 Å². The molecule has 1 aliphatic carbocycles. The number of carbonyl (C=O) groups is 3. The minimum atomic E-state index is -0.301. The Morgan fingerprint density at radius 3 is 2.13 bits per heavy atom. The molecule has 3 amide bonds. The fraction of sp³-hybridized carbons (Fsp3) is 0.318. The van der Waals surface area contributed by atoms with Crippen LogP contribution in [0.2, 0.25) is 5.02 Å². The average molecular weight is 555 g/mol. The van der Waals surface area contributed by atoms with Gasteiger partial charge in [-0.15, -0.1) is 0 Å². The SMILES string of the molecule is Cc1c(Cl)cccc1NC(=O)c1ccc(N2C(=O)[C@H]3C[C@H](Br)[C@@H](Br)C[C@H]3C2=O)cc1. The third-order valence-electron chi connectivity index (χ3n) is 5.82. The summed E-state index contributed by atoms with van der Waals surface area (Å²) in [6.45, 7) is 1.83. The van der Waals surface area contributed by atoms with Crippen molar-refractivity contribution in [2.45, 2.75) is 29.4 Å². The van der Waals surface area contributed by atoms with Gasteiger partial charge in [-0.2, -0.15) is 0 Å². The summed E-state index contributed by atoms with van der Waals surface area (Å²) in [6, 6.07) is 11.8. The zero-order valence-electron chi connectivity index (χ0n) is 16.1. The predicted octanol–water partition coefficient (Wildman–Crippen LogP) is 5.33. The van der Waals surface area contributed by atoms with Gasteiger partial charge in [-0.1, -0.05) is 49.5 Å². The number of halogens is 3. The summed E-state index contributed by atoms with van der Waals surface area (Å²) in [7, 11) is 0. The maximum atomic E-state index is 12.9. The first kappa shape index (κ1) is 21.5. The van der Waals surface area contributed by atoms with E-state index in [0.717, 1.165) is 5.56 Å². The van der Waals surface area contributed by atoms with E-state index in [9.17, 15) is 14.4 Å². The molecule has 4 rings (SSSR count). The van der Waals surface area contributed by atoms with E-state index in [1.54, 1.807) is 42.5 Å². The van der Waals surface area contributed by atoms with E-state index in [0.29, 0.717) is 34.8 Å². The van der Waals surface area contributed by atoms with E-state index in [4.69, 9.17) is 11.6 Å². The lowest BCUT2D eigenvalue weighted by atomic mass is 9.81. The summed E-state index contributed by atoms with van der Waals surface area (Å²) < 4.78 is 0. The van der Waals surface area contributed by atoms with Crippen LogP contribution in [0.25, 0.3) is 0 Å². The van der Waals surface area contributed by atoms with Gasteiger partial charge in [-0.05, 0) is 61.7 Å². The first-order chi connectivity index (χ1) is 14.3. The number of imide groups is 1. The molecular weight excluding hydrogens is 536 g/mol. The van der Waals surface area contributed by atoms with Crippen molar-refractivity contribution in [3.63, 3.8) is 0 Å². The maximum absolute atomic E-state index is 12.9. The molecule has 2 aliphatic rings. The van der Waals surface area contributed by atoms with Crippen molar-refractivity contribution in [1.29, 1.82) is 0 Å². The number of carbonyl (C=O) groups excluding carboxylic acids is 3. The van der Waals surface area contributed by atoms with Crippen molar-refractivity contribution in [3.05, 3.63) is 58.6 Å². The van der Waals surface area contributed by atoms with Crippen molar-refractivity contribution in [2.24, 2.45) is 11.8 Å². The Morgan fingerprint density at radius 1 is 1.00 bits per heavy atom. The van der Waals surface area contributed by atoms with Crippen LogP contribution < -0.4 is 10.2 Å². The third kappa shape index (κ3) is 3.83. The normalized spacial score (nSPS) is 25.9. The van der Waals surface area contributed by atoms with Crippen LogP contribution in [0, 0.1) is 18.8 Å². The standard InChI is InChI=1S/C22H19Br2ClN2O3/c1-11-18(25)3-2-4-19(11)26-20(28)12-5-7-13(8-6-12)27-21(29)14-9-16(23)17(24)10-15(14)22(27)30/h2-8,14-17H,9-10H2,1H3,(H,26,28)/t14-,15+,16-,17-/m0/s1. The molecule has 2 aromatic carbocycles. The minimum Gasteiger partial charge on any atom is -0.322 e. The predicted molar refractivity (Wildman–Crippen MR) is 125 cm³/mol. The Labute approximate surface area is 196 Å². The average Bonchev–Trinajstić information content (AvgIpc) is 2.96. The van der Waals surface area contributed by atoms with Crippen LogP contribution in [0.3, 0.4) is 0 Å². The Bertz CT molecular complexity index is 1000. The molecule has 2 fully saturated rings. The molecule has 0 aromatic heterocycles. The quantitative estimate of drug-likeness (QED) is 0.412. The number of benzene rings is 2. The van der Waals surface area contributed by atoms with Crippen LogP contribution in [-0.2, 0) is 9.59 Å². The lowest BCUT2D eigenvalue weighted by Gasteiger charge is -2.29. The van der Waals surface area contributed by atoms with Crippen molar-refractivity contribution in [1.82, 2.24) is 0 Å². The van der Waals surface area contributed by atoms with Crippen LogP contribution in [0.5, 0.6) is 0 Å². The van der Waals surface area contributed by atoms with Gasteiger partial charge >= 0.3 is 0 Å². The molecule has 1 saturated heterocycles. The molecule has 8 heteroatoms. The molecule has 0 unspecified atom stereocenters. The molecule has 1 saturated carbocycles. The number of fused-ring (bicyclic) bond motifs is 1. The summed E-state index contributed by atoms with van der Waals surface area (Å²) in [5, 5.41) is 3.42. The fourth-order valence-electron chi connectivity index (χ4n) is 4.05. The third-order valence-corrected chi connectivity index (χ3v) is 8.96. The molecule has 0 bridgehead atoms. The van der Waals surface area contributed by atoms with Crippen LogP contribution >= 0.6 is 43.5 Å². The van der Waals surface area contributed by atoms with Gasteiger partial charge in [0.25, 0.3) is 5.91 Å². The van der Waals surface area contributed by atoms with Crippen molar-refractivity contribution in [2.75, 3.05) is 10.2 Å². The summed E-state index contributed by atoms with van der Waals surface area (Å²) in [5.41, 5.74) is 2.34. The van der Waals surface area contributed by atoms with Crippen molar-refractivity contribution < 1.29 is 14.4 Å². The first-order valence-electron chi connectivity index (χ1n) is 9.60. The number of amides is 3. The summed E-state index contributed by atoms with van der Waals surface area (Å²) in [4.78, 5) is 40.0. The Morgan fingerprint density at radius 2 is 1.57 bits per heavy atom. The van der Waals surface area contributed by atoms with Gasteiger partial charge < -0.3 is 5.32 Å². The Kier molecular flexibility index (Phi) is 6.06. The molecule has 5 nitrogen and oxygen atoms in total. The zero-order valence-corrected chi connectivity index (χ0v) is 20.0. The highest BCUT2D eigenvalue weighted by Gasteiger charge is 2.52. The molecular formula is C22H19Br2ClN2O3. The molecule has 30 heavy (non-hydrogen) atoms. The smallest absolute Gasteiger partial charge is 0.255 e. The van der Waals surface area contributed by atoms with E-state index >= 15 is 0 Å². The molecule has 156 valence electrons. The van der Waals surface area contributed by atoms with E-state index in [2.05, 4.69) is 37.2 Å². The lowest BCUT2D eigenvalue weighted by Crippen LogP contribution is -2.34. The maximum Gasteiger partial charge on any atom is 0.255 e. The molecule has 1 aliphatic heterocycles. The first-order valence-corrected chi connectivity index (χ1v) is 11.8. The highest BCUT2D eigenvalue weighted by atomic mass is 79.9. The number of hydrogen-bond acceptors (Lipinski definition) is 3. The second-order valence-corrected chi connectivity index (χ2v) is 10.4.